The topological polar surface area (TPSA) is 3.01 Å². The van der Waals surface area contributed by atoms with Crippen LogP contribution in [0.3, 0.4) is 0 Å². The molecule has 2 heteroatoms. The molecule has 0 bridgehead atoms. The third kappa shape index (κ3) is 3.46. The molecule has 0 fully saturated rings. The first kappa shape index (κ1) is 13.8. The summed E-state index contributed by atoms with van der Waals surface area (Å²) in [5.41, 5.74) is 0.377. The normalized spacial score (nSPS) is 22.3. The average molecular weight is 309 g/mol. The fourth-order valence-electron chi connectivity index (χ4n) is 2.70. The Labute approximate surface area is 117 Å². The van der Waals surface area contributed by atoms with Crippen LogP contribution in [0.1, 0.15) is 34.1 Å². The van der Waals surface area contributed by atoms with E-state index in [0.29, 0.717) is 26.4 Å². The van der Waals surface area contributed by atoms with Gasteiger partial charge in [-0.2, -0.15) is 0 Å². The van der Waals surface area contributed by atoms with Gasteiger partial charge in [0, 0.05) is 0 Å². The summed E-state index contributed by atoms with van der Waals surface area (Å²) in [7, 11) is 0. The van der Waals surface area contributed by atoms with Crippen molar-refractivity contribution in [1.29, 1.82) is 0 Å². The van der Waals surface area contributed by atoms with E-state index in [4.69, 9.17) is 0 Å². The molecule has 18 heavy (non-hydrogen) atoms. The van der Waals surface area contributed by atoms with Gasteiger partial charge in [0.1, 0.15) is 0 Å². The second kappa shape index (κ2) is 5.59. The van der Waals surface area contributed by atoms with Crippen LogP contribution in [0.5, 0.6) is 0 Å². The number of rotatable bonds is 4. The molecule has 1 heterocycles. The molecule has 0 saturated heterocycles. The van der Waals surface area contributed by atoms with E-state index in [0.717, 1.165) is 6.04 Å². The molecular formula is C16H24NSe+. The zero-order chi connectivity index (χ0) is 13.2. The molecule has 0 radical (unpaired) electrons. The molecule has 1 aliphatic rings. The van der Waals surface area contributed by atoms with E-state index in [-0.39, 0.29) is 0 Å². The first-order chi connectivity index (χ1) is 8.48. The standard InChI is InChI=1S/C16H24NSe/c1-13(2)17-12-16(3,4)10-14(17)11-18-15-8-6-5-7-9-15/h5-9,12-14H,10-11H2,1-4H3/q+1. The number of hydrogen-bond acceptors (Lipinski definition) is 0. The van der Waals surface area contributed by atoms with Crippen molar-refractivity contribution in [1.82, 2.24) is 0 Å². The number of hydrogen-bond donors (Lipinski definition) is 0. The Kier molecular flexibility index (Phi) is 4.29. The van der Waals surface area contributed by atoms with Crippen LogP contribution < -0.4 is 4.46 Å². The van der Waals surface area contributed by atoms with Crippen LogP contribution in [0.4, 0.5) is 0 Å². The second-order valence-electron chi connectivity index (χ2n) is 6.14. The second-order valence-corrected chi connectivity index (χ2v) is 8.43. The van der Waals surface area contributed by atoms with Gasteiger partial charge in [-0.05, 0) is 0 Å². The van der Waals surface area contributed by atoms with Crippen molar-refractivity contribution < 1.29 is 4.58 Å². The van der Waals surface area contributed by atoms with Crippen LogP contribution in [-0.2, 0) is 0 Å². The van der Waals surface area contributed by atoms with Crippen molar-refractivity contribution in [2.75, 3.05) is 0 Å². The zero-order valence-electron chi connectivity index (χ0n) is 11.9. The van der Waals surface area contributed by atoms with E-state index in [1.807, 2.05) is 0 Å². The van der Waals surface area contributed by atoms with E-state index in [1.165, 1.54) is 16.2 Å². The van der Waals surface area contributed by atoms with E-state index in [1.54, 1.807) is 0 Å². The first-order valence-electron chi connectivity index (χ1n) is 6.79. The third-order valence-corrected chi connectivity index (χ3v) is 5.89. The van der Waals surface area contributed by atoms with Crippen LogP contribution in [0.15, 0.2) is 30.3 Å². The molecule has 1 unspecified atom stereocenters. The van der Waals surface area contributed by atoms with Gasteiger partial charge in [-0.25, -0.2) is 0 Å². The molecule has 0 N–H and O–H groups in total. The van der Waals surface area contributed by atoms with Gasteiger partial charge >= 0.3 is 117 Å². The molecule has 1 aromatic rings. The average Bonchev–Trinajstić information content (AvgIpc) is 2.64. The maximum atomic E-state index is 2.59. The molecule has 0 amide bonds. The minimum absolute atomic E-state index is 0.377. The van der Waals surface area contributed by atoms with Gasteiger partial charge in [0.15, 0.2) is 0 Å². The summed E-state index contributed by atoms with van der Waals surface area (Å²) in [6, 6.07) is 12.3. The Morgan fingerprint density at radius 1 is 1.28 bits per heavy atom. The Bertz CT molecular complexity index is 420. The summed E-state index contributed by atoms with van der Waals surface area (Å²) in [4.78, 5) is 0. The summed E-state index contributed by atoms with van der Waals surface area (Å²) in [6.45, 7) is 9.33. The first-order valence-corrected chi connectivity index (χ1v) is 8.86. The van der Waals surface area contributed by atoms with Gasteiger partial charge in [-0.1, -0.05) is 0 Å². The Balaban J connectivity index is 2.00. The Hall–Kier alpha value is -0.591. The molecule has 2 rings (SSSR count). The van der Waals surface area contributed by atoms with Gasteiger partial charge in [-0.15, -0.1) is 0 Å². The quantitative estimate of drug-likeness (QED) is 0.594. The molecule has 1 aromatic carbocycles. The van der Waals surface area contributed by atoms with Gasteiger partial charge in [0.05, 0.1) is 0 Å². The van der Waals surface area contributed by atoms with Crippen LogP contribution in [-0.4, -0.2) is 37.8 Å². The van der Waals surface area contributed by atoms with Crippen molar-refractivity contribution in [2.45, 2.75) is 51.5 Å². The molecule has 98 valence electrons. The molecule has 0 aromatic heterocycles. The predicted molar refractivity (Wildman–Crippen MR) is 80.3 cm³/mol. The van der Waals surface area contributed by atoms with E-state index < -0.39 is 0 Å². The maximum absolute atomic E-state index is 2.59. The predicted octanol–water partition coefficient (Wildman–Crippen LogP) is 2.72. The van der Waals surface area contributed by atoms with Gasteiger partial charge in [-0.3, -0.25) is 0 Å². The molecule has 0 spiro atoms. The van der Waals surface area contributed by atoms with Crippen LogP contribution in [0.2, 0.25) is 5.32 Å². The van der Waals surface area contributed by atoms with Crippen LogP contribution in [0.25, 0.3) is 0 Å². The van der Waals surface area contributed by atoms with Crippen molar-refractivity contribution in [2.24, 2.45) is 5.41 Å². The molecule has 0 aliphatic carbocycles. The summed E-state index contributed by atoms with van der Waals surface area (Å²) < 4.78 is 4.11. The van der Waals surface area contributed by atoms with Crippen molar-refractivity contribution in [3.8, 4) is 0 Å². The minimum atomic E-state index is 0.377. The van der Waals surface area contributed by atoms with E-state index in [9.17, 15) is 0 Å². The Morgan fingerprint density at radius 2 is 1.94 bits per heavy atom. The summed E-state index contributed by atoms with van der Waals surface area (Å²) in [5.74, 6) is 0. The van der Waals surface area contributed by atoms with E-state index >= 15 is 0 Å². The zero-order valence-corrected chi connectivity index (χ0v) is 13.6. The molecule has 1 aliphatic heterocycles. The fraction of sp³-hybridized carbons (Fsp3) is 0.562. The van der Waals surface area contributed by atoms with Gasteiger partial charge in [0.2, 0.25) is 0 Å². The Morgan fingerprint density at radius 3 is 2.56 bits per heavy atom. The van der Waals surface area contributed by atoms with Crippen LogP contribution >= 0.6 is 0 Å². The summed E-state index contributed by atoms with van der Waals surface area (Å²) in [5, 5.41) is 1.33. The van der Waals surface area contributed by atoms with Crippen molar-refractivity contribution >= 4 is 25.6 Å². The molecule has 0 saturated carbocycles. The molecule has 1 nitrogen and oxygen atoms in total. The van der Waals surface area contributed by atoms with Crippen LogP contribution in [0, 0.1) is 5.41 Å². The number of nitrogens with zero attached hydrogens (tertiary/aromatic N) is 1. The summed E-state index contributed by atoms with van der Waals surface area (Å²) in [6.07, 6.45) is 3.77. The van der Waals surface area contributed by atoms with E-state index in [2.05, 4.69) is 68.8 Å². The number of benzene rings is 1. The van der Waals surface area contributed by atoms with Gasteiger partial charge in [0.25, 0.3) is 0 Å². The molecular weight excluding hydrogens is 285 g/mol. The van der Waals surface area contributed by atoms with Crippen molar-refractivity contribution in [3.63, 3.8) is 0 Å². The summed E-state index contributed by atoms with van der Waals surface area (Å²) >= 11 is 0.604. The molecule has 1 atom stereocenters. The van der Waals surface area contributed by atoms with Gasteiger partial charge < -0.3 is 0 Å². The van der Waals surface area contributed by atoms with Crippen molar-refractivity contribution in [3.05, 3.63) is 30.3 Å². The third-order valence-electron chi connectivity index (χ3n) is 3.46. The fourth-order valence-corrected chi connectivity index (χ4v) is 4.85. The SMILES string of the molecule is CC(C)[N+]1=CC(C)(C)CC1C[Se]c1ccccc1. The monoisotopic (exact) mass is 310 g/mol.